The summed E-state index contributed by atoms with van der Waals surface area (Å²) in [7, 11) is 0. The Kier molecular flexibility index (Phi) is 5.27. The number of amides is 1. The highest BCUT2D eigenvalue weighted by molar-refractivity contribution is 5.68. The number of hydrogen-bond acceptors (Lipinski definition) is 4. The Labute approximate surface area is 122 Å². The van der Waals surface area contributed by atoms with Crippen LogP contribution in [-0.2, 0) is 9.47 Å². The summed E-state index contributed by atoms with van der Waals surface area (Å²) in [6, 6.07) is 0.743. The van der Waals surface area contributed by atoms with Crippen molar-refractivity contribution in [3.05, 3.63) is 0 Å². The molecule has 0 aromatic carbocycles. The minimum Gasteiger partial charge on any atom is -0.444 e. The SMILES string of the molecule is CC(C)(C)OC(=O)N1CCC(OCCNC2CC2)CC1. The monoisotopic (exact) mass is 284 g/mol. The van der Waals surface area contributed by atoms with Crippen molar-refractivity contribution in [2.45, 2.75) is 64.2 Å². The van der Waals surface area contributed by atoms with Crippen LogP contribution in [0.2, 0.25) is 0 Å². The molecule has 5 nitrogen and oxygen atoms in total. The van der Waals surface area contributed by atoms with Crippen molar-refractivity contribution in [3.63, 3.8) is 0 Å². The fraction of sp³-hybridized carbons (Fsp3) is 0.933. The normalized spacial score (nSPS) is 21.1. The highest BCUT2D eigenvalue weighted by atomic mass is 16.6. The fourth-order valence-electron chi connectivity index (χ4n) is 2.31. The Bertz CT molecular complexity index is 316. The van der Waals surface area contributed by atoms with Crippen LogP contribution in [0.25, 0.3) is 0 Å². The standard InChI is InChI=1S/C15H28N2O3/c1-15(2,3)20-14(18)17-9-6-13(7-10-17)19-11-8-16-12-4-5-12/h12-13,16H,4-11H2,1-3H3. The number of likely N-dealkylation sites (tertiary alicyclic amines) is 1. The van der Waals surface area contributed by atoms with E-state index in [9.17, 15) is 4.79 Å². The number of hydrogen-bond donors (Lipinski definition) is 1. The molecule has 0 spiro atoms. The molecular formula is C15H28N2O3. The van der Waals surface area contributed by atoms with E-state index < -0.39 is 5.60 Å². The predicted molar refractivity (Wildman–Crippen MR) is 77.8 cm³/mol. The Balaban J connectivity index is 1.57. The molecule has 1 N–H and O–H groups in total. The van der Waals surface area contributed by atoms with Crippen molar-refractivity contribution in [1.82, 2.24) is 10.2 Å². The molecule has 1 amide bonds. The minimum atomic E-state index is -0.418. The van der Waals surface area contributed by atoms with E-state index in [4.69, 9.17) is 9.47 Å². The fourth-order valence-corrected chi connectivity index (χ4v) is 2.31. The molecule has 116 valence electrons. The van der Waals surface area contributed by atoms with Gasteiger partial charge in [-0.15, -0.1) is 0 Å². The number of ether oxygens (including phenoxy) is 2. The summed E-state index contributed by atoms with van der Waals surface area (Å²) in [6.45, 7) is 8.87. The highest BCUT2D eigenvalue weighted by Gasteiger charge is 2.27. The zero-order chi connectivity index (χ0) is 14.6. The minimum absolute atomic E-state index is 0.202. The van der Waals surface area contributed by atoms with E-state index in [-0.39, 0.29) is 12.2 Å². The Morgan fingerprint density at radius 2 is 1.85 bits per heavy atom. The van der Waals surface area contributed by atoms with Crippen molar-refractivity contribution >= 4 is 6.09 Å². The third kappa shape index (κ3) is 5.67. The second kappa shape index (κ2) is 6.76. The van der Waals surface area contributed by atoms with Crippen molar-refractivity contribution in [2.75, 3.05) is 26.2 Å². The summed E-state index contributed by atoms with van der Waals surface area (Å²) in [5, 5.41) is 3.44. The molecule has 1 saturated carbocycles. The smallest absolute Gasteiger partial charge is 0.410 e. The number of nitrogens with one attached hydrogen (secondary N) is 1. The molecule has 1 heterocycles. The van der Waals surface area contributed by atoms with Crippen molar-refractivity contribution in [1.29, 1.82) is 0 Å². The third-order valence-electron chi connectivity index (χ3n) is 3.56. The van der Waals surface area contributed by atoms with E-state index in [1.54, 1.807) is 4.90 Å². The average Bonchev–Trinajstić information content (AvgIpc) is 3.17. The van der Waals surface area contributed by atoms with E-state index in [1.807, 2.05) is 20.8 Å². The van der Waals surface area contributed by atoms with Crippen LogP contribution in [0.1, 0.15) is 46.5 Å². The van der Waals surface area contributed by atoms with Gasteiger partial charge >= 0.3 is 6.09 Å². The second-order valence-corrected chi connectivity index (χ2v) is 6.77. The topological polar surface area (TPSA) is 50.8 Å². The molecule has 0 aromatic heterocycles. The maximum Gasteiger partial charge on any atom is 0.410 e. The van der Waals surface area contributed by atoms with Gasteiger partial charge in [-0.05, 0) is 46.5 Å². The van der Waals surface area contributed by atoms with E-state index >= 15 is 0 Å². The van der Waals surface area contributed by atoms with Gasteiger partial charge in [-0.2, -0.15) is 0 Å². The molecule has 1 aliphatic heterocycles. The van der Waals surface area contributed by atoms with Gasteiger partial charge in [0.25, 0.3) is 0 Å². The van der Waals surface area contributed by atoms with E-state index in [0.29, 0.717) is 0 Å². The molecule has 2 rings (SSSR count). The van der Waals surface area contributed by atoms with Crippen LogP contribution in [0, 0.1) is 0 Å². The molecule has 2 aliphatic rings. The van der Waals surface area contributed by atoms with Crippen LogP contribution in [-0.4, -0.2) is 55.0 Å². The predicted octanol–water partition coefficient (Wildman–Crippen LogP) is 2.15. The molecule has 5 heteroatoms. The quantitative estimate of drug-likeness (QED) is 0.786. The summed E-state index contributed by atoms with van der Waals surface area (Å²) in [5.74, 6) is 0. The molecule has 0 radical (unpaired) electrons. The van der Waals surface area contributed by atoms with Gasteiger partial charge in [-0.1, -0.05) is 0 Å². The molecule has 0 aromatic rings. The zero-order valence-electron chi connectivity index (χ0n) is 13.0. The molecular weight excluding hydrogens is 256 g/mol. The second-order valence-electron chi connectivity index (χ2n) is 6.77. The lowest BCUT2D eigenvalue weighted by molar-refractivity contribution is -0.0105. The maximum absolute atomic E-state index is 11.9. The first kappa shape index (κ1) is 15.6. The molecule has 1 aliphatic carbocycles. The first-order chi connectivity index (χ1) is 9.44. The molecule has 0 atom stereocenters. The van der Waals surface area contributed by atoms with Gasteiger partial charge in [0.05, 0.1) is 12.7 Å². The van der Waals surface area contributed by atoms with E-state index in [2.05, 4.69) is 5.32 Å². The summed E-state index contributed by atoms with van der Waals surface area (Å²) in [6.07, 6.45) is 4.52. The Morgan fingerprint density at radius 3 is 2.40 bits per heavy atom. The number of carbonyl (C=O) groups excluding carboxylic acids is 1. The van der Waals surface area contributed by atoms with Crippen LogP contribution < -0.4 is 5.32 Å². The molecule has 0 bridgehead atoms. The van der Waals surface area contributed by atoms with Crippen molar-refractivity contribution in [2.24, 2.45) is 0 Å². The van der Waals surface area contributed by atoms with Gasteiger partial charge in [0.1, 0.15) is 5.60 Å². The van der Waals surface area contributed by atoms with Gasteiger partial charge in [0.15, 0.2) is 0 Å². The van der Waals surface area contributed by atoms with Gasteiger partial charge < -0.3 is 19.7 Å². The lowest BCUT2D eigenvalue weighted by Crippen LogP contribution is -2.43. The molecule has 0 unspecified atom stereocenters. The lowest BCUT2D eigenvalue weighted by atomic mass is 10.1. The Hall–Kier alpha value is -0.810. The van der Waals surface area contributed by atoms with E-state index in [0.717, 1.165) is 45.1 Å². The van der Waals surface area contributed by atoms with Crippen molar-refractivity contribution in [3.8, 4) is 0 Å². The van der Waals surface area contributed by atoms with Crippen molar-refractivity contribution < 1.29 is 14.3 Å². The number of carbonyl (C=O) groups is 1. The van der Waals surface area contributed by atoms with Crippen LogP contribution in [0.3, 0.4) is 0 Å². The zero-order valence-corrected chi connectivity index (χ0v) is 13.0. The van der Waals surface area contributed by atoms with Crippen LogP contribution >= 0.6 is 0 Å². The highest BCUT2D eigenvalue weighted by Crippen LogP contribution is 2.19. The molecule has 2 fully saturated rings. The first-order valence-electron chi connectivity index (χ1n) is 7.77. The number of piperidine rings is 1. The largest absolute Gasteiger partial charge is 0.444 e. The average molecular weight is 284 g/mol. The van der Waals surface area contributed by atoms with Gasteiger partial charge in [0.2, 0.25) is 0 Å². The van der Waals surface area contributed by atoms with Crippen LogP contribution in [0.4, 0.5) is 4.79 Å². The van der Waals surface area contributed by atoms with Crippen LogP contribution in [0.15, 0.2) is 0 Å². The molecule has 20 heavy (non-hydrogen) atoms. The maximum atomic E-state index is 11.9. The molecule has 1 saturated heterocycles. The summed E-state index contributed by atoms with van der Waals surface area (Å²) in [5.41, 5.74) is -0.418. The number of nitrogens with zero attached hydrogens (tertiary/aromatic N) is 1. The summed E-state index contributed by atoms with van der Waals surface area (Å²) < 4.78 is 11.2. The lowest BCUT2D eigenvalue weighted by Gasteiger charge is -2.33. The van der Waals surface area contributed by atoms with Gasteiger partial charge in [-0.3, -0.25) is 0 Å². The third-order valence-corrected chi connectivity index (χ3v) is 3.56. The Morgan fingerprint density at radius 1 is 1.20 bits per heavy atom. The summed E-state index contributed by atoms with van der Waals surface area (Å²) >= 11 is 0. The summed E-state index contributed by atoms with van der Waals surface area (Å²) in [4.78, 5) is 13.7. The number of rotatable bonds is 5. The van der Waals surface area contributed by atoms with E-state index in [1.165, 1.54) is 12.8 Å². The first-order valence-corrected chi connectivity index (χ1v) is 7.77. The van der Waals surface area contributed by atoms with Crippen LogP contribution in [0.5, 0.6) is 0 Å². The van der Waals surface area contributed by atoms with Gasteiger partial charge in [0, 0.05) is 25.7 Å². The van der Waals surface area contributed by atoms with Gasteiger partial charge in [-0.25, -0.2) is 4.79 Å².